The van der Waals surface area contributed by atoms with Crippen LogP contribution in [0.2, 0.25) is 10.0 Å². The molecule has 3 amide bonds. The molecule has 1 saturated heterocycles. The van der Waals surface area contributed by atoms with Crippen LogP contribution in [0.3, 0.4) is 0 Å². The van der Waals surface area contributed by atoms with Crippen LogP contribution in [0, 0.1) is 12.5 Å². The number of aromatic amines is 1. The zero-order valence-electron chi connectivity index (χ0n) is 21.2. The van der Waals surface area contributed by atoms with Crippen LogP contribution >= 0.6 is 23.2 Å². The van der Waals surface area contributed by atoms with Crippen molar-refractivity contribution in [2.75, 3.05) is 18.9 Å². The molecule has 0 aliphatic carbocycles. The number of rotatable bonds is 5. The Labute approximate surface area is 230 Å². The molecule has 1 fully saturated rings. The van der Waals surface area contributed by atoms with Crippen molar-refractivity contribution in [2.45, 2.75) is 44.3 Å². The lowest BCUT2D eigenvalue weighted by Crippen LogP contribution is -2.51. The third kappa shape index (κ3) is 4.11. The molecule has 2 N–H and O–H groups in total. The van der Waals surface area contributed by atoms with E-state index >= 15 is 0 Å². The lowest BCUT2D eigenvalue weighted by molar-refractivity contribution is -0.136. The summed E-state index contributed by atoms with van der Waals surface area (Å²) in [7, 11) is 1.59. The lowest BCUT2D eigenvalue weighted by atomic mass is 9.80. The van der Waals surface area contributed by atoms with E-state index in [1.54, 1.807) is 25.2 Å². The summed E-state index contributed by atoms with van der Waals surface area (Å²) < 4.78 is 0. The van der Waals surface area contributed by atoms with Gasteiger partial charge in [0.2, 0.25) is 5.91 Å². The number of hydrogen-bond donors (Lipinski definition) is 2. The van der Waals surface area contributed by atoms with Gasteiger partial charge in [0.05, 0.1) is 22.0 Å². The summed E-state index contributed by atoms with van der Waals surface area (Å²) in [5, 5.41) is 4.32. The number of fused-ring (bicyclic) bond motifs is 3. The summed E-state index contributed by atoms with van der Waals surface area (Å²) >= 11 is 12.5. The number of nitrogens with one attached hydrogen (secondary N) is 2. The van der Waals surface area contributed by atoms with Crippen LogP contribution in [0.25, 0.3) is 15.7 Å². The zero-order valence-corrected chi connectivity index (χ0v) is 22.7. The number of carbonyl (C=O) groups is 3. The van der Waals surface area contributed by atoms with Crippen molar-refractivity contribution in [2.24, 2.45) is 5.92 Å². The average Bonchev–Trinajstić information content (AvgIpc) is 3.58. The number of halogens is 2. The molecule has 1 spiro atoms. The summed E-state index contributed by atoms with van der Waals surface area (Å²) in [4.78, 5) is 50.5. The number of hydrogen-bond acceptors (Lipinski definition) is 3. The van der Waals surface area contributed by atoms with Crippen molar-refractivity contribution in [3.8, 4) is 0 Å². The highest BCUT2D eigenvalue weighted by Gasteiger charge is 2.59. The smallest absolute Gasteiger partial charge is 0.302 e. The van der Waals surface area contributed by atoms with Gasteiger partial charge in [-0.3, -0.25) is 24.1 Å². The molecule has 0 radical (unpaired) electrons. The summed E-state index contributed by atoms with van der Waals surface area (Å²) in [5.74, 6) is -0.846. The van der Waals surface area contributed by atoms with Crippen LogP contribution in [0.15, 0.2) is 42.5 Å². The second-order valence-corrected chi connectivity index (χ2v) is 11.2. The quantitative estimate of drug-likeness (QED) is 0.420. The predicted molar refractivity (Wildman–Crippen MR) is 147 cm³/mol. The number of amides is 3. The molecule has 10 heteroatoms. The summed E-state index contributed by atoms with van der Waals surface area (Å²) in [6, 6.07) is 11.7. The fraction of sp³-hybridized carbons (Fsp3) is 0.357. The highest BCUT2D eigenvalue weighted by molar-refractivity contribution is 6.45. The molecule has 3 aromatic rings. The van der Waals surface area contributed by atoms with E-state index < -0.39 is 17.6 Å². The Morgan fingerprint density at radius 1 is 1.24 bits per heavy atom. The molecule has 2 aliphatic rings. The van der Waals surface area contributed by atoms with Gasteiger partial charge in [0, 0.05) is 24.7 Å². The first kappa shape index (κ1) is 26.1. The van der Waals surface area contributed by atoms with E-state index in [-0.39, 0.29) is 42.3 Å². The Bertz CT molecular complexity index is 1510. The van der Waals surface area contributed by atoms with Gasteiger partial charge in [-0.15, -0.1) is 0 Å². The van der Waals surface area contributed by atoms with Crippen LogP contribution in [-0.2, 0) is 15.0 Å². The summed E-state index contributed by atoms with van der Waals surface area (Å²) in [6.07, 6.45) is -0.213. The summed E-state index contributed by atoms with van der Waals surface area (Å²) in [6.45, 7) is 11.8. The van der Waals surface area contributed by atoms with Gasteiger partial charge in [-0.2, -0.15) is 0 Å². The molecule has 2 aromatic carbocycles. The van der Waals surface area contributed by atoms with Gasteiger partial charge in [-0.25, -0.2) is 6.57 Å². The number of likely N-dealkylation sites (N-methyl/N-ethyl adjacent to an activating group) is 1. The van der Waals surface area contributed by atoms with E-state index in [4.69, 9.17) is 29.8 Å². The molecule has 38 heavy (non-hydrogen) atoms. The van der Waals surface area contributed by atoms with Crippen molar-refractivity contribution in [1.82, 2.24) is 14.8 Å². The first-order valence-electron chi connectivity index (χ1n) is 12.4. The molecule has 2 aliphatic heterocycles. The molecule has 196 valence electrons. The molecule has 1 aromatic heterocycles. The van der Waals surface area contributed by atoms with E-state index in [9.17, 15) is 14.4 Å². The first-order valence-corrected chi connectivity index (χ1v) is 13.1. The number of likely N-dealkylation sites (tertiary alicyclic amines) is 1. The SMILES string of the molecule is [C-]#[N+][C@@H]1C[C@@]2(CN1C(=O)[C@H](CC(C)C)N(C)C(=O)c1cc3ccc(Cl)c(Cl)c3[nH]1)C(=O)Nc1ccccc12. The van der Waals surface area contributed by atoms with Crippen molar-refractivity contribution in [1.29, 1.82) is 0 Å². The van der Waals surface area contributed by atoms with Gasteiger partial charge in [-0.05, 0) is 36.1 Å². The Hall–Kier alpha value is -3.54. The molecule has 0 unspecified atom stereocenters. The van der Waals surface area contributed by atoms with Gasteiger partial charge in [0.25, 0.3) is 11.8 Å². The Morgan fingerprint density at radius 3 is 2.68 bits per heavy atom. The molecule has 8 nitrogen and oxygen atoms in total. The number of benzene rings is 2. The minimum absolute atomic E-state index is 0.0822. The second-order valence-electron chi connectivity index (χ2n) is 10.4. The molecule has 5 rings (SSSR count). The minimum atomic E-state index is -0.986. The molecule has 0 bridgehead atoms. The number of nitrogens with zero attached hydrogens (tertiary/aromatic N) is 3. The fourth-order valence-corrected chi connectivity index (χ4v) is 5.98. The Balaban J connectivity index is 1.46. The van der Waals surface area contributed by atoms with E-state index in [0.717, 1.165) is 10.9 Å². The van der Waals surface area contributed by atoms with E-state index in [1.165, 1.54) is 9.80 Å². The largest absolute Gasteiger partial charge is 0.349 e. The van der Waals surface area contributed by atoms with Gasteiger partial charge < -0.3 is 15.2 Å². The number of anilines is 1. The van der Waals surface area contributed by atoms with Crippen molar-refractivity contribution in [3.63, 3.8) is 0 Å². The molecular weight excluding hydrogens is 525 g/mol. The van der Waals surface area contributed by atoms with E-state index in [0.29, 0.717) is 27.7 Å². The van der Waals surface area contributed by atoms with Crippen molar-refractivity contribution in [3.05, 3.63) is 75.2 Å². The fourth-order valence-electron chi connectivity index (χ4n) is 5.60. The minimum Gasteiger partial charge on any atom is -0.349 e. The number of para-hydroxylation sites is 1. The summed E-state index contributed by atoms with van der Waals surface area (Å²) in [5.41, 5.74) is 1.34. The first-order chi connectivity index (χ1) is 18.1. The monoisotopic (exact) mass is 551 g/mol. The number of H-pyrrole nitrogens is 1. The van der Waals surface area contributed by atoms with Crippen LogP contribution < -0.4 is 5.32 Å². The van der Waals surface area contributed by atoms with Crippen molar-refractivity contribution < 1.29 is 14.4 Å². The normalized spacial score (nSPS) is 21.0. The standard InChI is InChI=1S/C28H27Cl2N5O3/c1-15(2)11-21(34(4)25(36)20-12-16-9-10-18(29)23(30)24(16)32-20)26(37)35-14-28(13-22(35)31-3)17-7-5-6-8-19(17)33-27(28)38/h5-10,12,15,21-22,32H,11,13-14H2,1-2,4H3,(H,33,38)/t21-,22-,28-/m0/s1. The maximum Gasteiger partial charge on any atom is 0.302 e. The highest BCUT2D eigenvalue weighted by Crippen LogP contribution is 2.47. The Morgan fingerprint density at radius 2 is 1.97 bits per heavy atom. The van der Waals surface area contributed by atoms with Crippen LogP contribution in [0.1, 0.15) is 42.7 Å². The third-order valence-corrected chi connectivity index (χ3v) is 8.38. The van der Waals surface area contributed by atoms with Gasteiger partial charge >= 0.3 is 6.17 Å². The maximum absolute atomic E-state index is 14.1. The average molecular weight is 552 g/mol. The third-order valence-electron chi connectivity index (χ3n) is 7.57. The molecule has 3 atom stereocenters. The van der Waals surface area contributed by atoms with Gasteiger partial charge in [0.1, 0.15) is 17.2 Å². The number of carbonyl (C=O) groups excluding carboxylic acids is 3. The number of aromatic nitrogens is 1. The van der Waals surface area contributed by atoms with Gasteiger partial charge in [0.15, 0.2) is 0 Å². The van der Waals surface area contributed by atoms with Crippen LogP contribution in [0.5, 0.6) is 0 Å². The zero-order chi connectivity index (χ0) is 27.4. The van der Waals surface area contributed by atoms with E-state index in [1.807, 2.05) is 38.1 Å². The predicted octanol–water partition coefficient (Wildman–Crippen LogP) is 5.33. The van der Waals surface area contributed by atoms with Crippen LogP contribution in [-0.4, -0.2) is 58.3 Å². The molecule has 0 saturated carbocycles. The van der Waals surface area contributed by atoms with Gasteiger partial charge in [-0.1, -0.05) is 61.3 Å². The van der Waals surface area contributed by atoms with Crippen LogP contribution in [0.4, 0.5) is 5.69 Å². The Kier molecular flexibility index (Phi) is 6.62. The second kappa shape index (κ2) is 9.64. The van der Waals surface area contributed by atoms with E-state index in [2.05, 4.69) is 15.1 Å². The van der Waals surface area contributed by atoms with Crippen molar-refractivity contribution >= 4 is 57.5 Å². The molecule has 3 heterocycles. The highest BCUT2D eigenvalue weighted by atomic mass is 35.5. The maximum atomic E-state index is 14.1. The molecular formula is C28H27Cl2N5O3. The lowest BCUT2D eigenvalue weighted by Gasteiger charge is -2.32. The topological polar surface area (TPSA) is 89.9 Å².